The first kappa shape index (κ1) is 16.8. The summed E-state index contributed by atoms with van der Waals surface area (Å²) in [4.78, 5) is 15.9. The molecule has 0 aliphatic rings. The van der Waals surface area contributed by atoms with Gasteiger partial charge in [0.2, 0.25) is 5.89 Å². The van der Waals surface area contributed by atoms with E-state index in [4.69, 9.17) is 9.15 Å². The highest BCUT2D eigenvalue weighted by Crippen LogP contribution is 2.23. The van der Waals surface area contributed by atoms with Crippen LogP contribution in [0.3, 0.4) is 0 Å². The summed E-state index contributed by atoms with van der Waals surface area (Å²) in [6.45, 7) is 2.16. The number of ether oxygens (including phenoxy) is 2. The molecule has 0 amide bonds. The largest absolute Gasteiger partial charge is 0.487 e. The lowest BCUT2D eigenvalue weighted by Crippen LogP contribution is -2.04. The third kappa shape index (κ3) is 4.26. The van der Waals surface area contributed by atoms with Crippen molar-refractivity contribution in [2.75, 3.05) is 7.11 Å². The Labute approximate surface area is 146 Å². The van der Waals surface area contributed by atoms with Crippen LogP contribution >= 0.6 is 0 Å². The predicted octanol–water partition coefficient (Wildman–Crippen LogP) is 3.94. The van der Waals surface area contributed by atoms with Gasteiger partial charge in [-0.2, -0.15) is 0 Å². The molecule has 0 aliphatic carbocycles. The number of nitrogens with zero attached hydrogens (tertiary/aromatic N) is 1. The average Bonchev–Trinajstić information content (AvgIpc) is 3.02. The molecule has 0 bridgehead atoms. The molecular formula is C20H19NO4. The minimum atomic E-state index is -0.281. The molecule has 0 fully saturated rings. The highest BCUT2D eigenvalue weighted by molar-refractivity contribution is 5.72. The second-order valence-electron chi connectivity index (χ2n) is 5.58. The summed E-state index contributed by atoms with van der Waals surface area (Å²) < 4.78 is 16.2. The van der Waals surface area contributed by atoms with Crippen molar-refractivity contribution in [1.82, 2.24) is 4.98 Å². The van der Waals surface area contributed by atoms with Crippen molar-refractivity contribution in [1.29, 1.82) is 0 Å². The summed E-state index contributed by atoms with van der Waals surface area (Å²) in [7, 11) is 1.38. The molecule has 2 aromatic carbocycles. The second-order valence-corrected chi connectivity index (χ2v) is 5.58. The van der Waals surface area contributed by atoms with Gasteiger partial charge in [0.25, 0.3) is 0 Å². The Bertz CT molecular complexity index is 855. The molecular weight excluding hydrogens is 318 g/mol. The molecule has 25 heavy (non-hydrogen) atoms. The molecule has 0 saturated heterocycles. The number of oxazole rings is 1. The Morgan fingerprint density at radius 3 is 2.68 bits per heavy atom. The van der Waals surface area contributed by atoms with Crippen LogP contribution in [0.15, 0.2) is 59.0 Å². The zero-order valence-corrected chi connectivity index (χ0v) is 14.2. The van der Waals surface area contributed by atoms with E-state index in [0.29, 0.717) is 18.2 Å². The fourth-order valence-corrected chi connectivity index (χ4v) is 2.40. The molecule has 1 aromatic heterocycles. The van der Waals surface area contributed by atoms with Crippen molar-refractivity contribution in [3.05, 3.63) is 71.6 Å². The van der Waals surface area contributed by atoms with Crippen molar-refractivity contribution in [3.8, 4) is 17.2 Å². The van der Waals surface area contributed by atoms with Gasteiger partial charge in [-0.3, -0.25) is 4.79 Å². The molecule has 0 saturated carbocycles. The maximum absolute atomic E-state index is 11.4. The number of aromatic nitrogens is 1. The number of benzene rings is 2. The lowest BCUT2D eigenvalue weighted by molar-refractivity contribution is -0.139. The molecule has 5 heteroatoms. The minimum Gasteiger partial charge on any atom is -0.487 e. The minimum absolute atomic E-state index is 0.217. The molecule has 128 valence electrons. The molecule has 0 unspecified atom stereocenters. The van der Waals surface area contributed by atoms with E-state index in [1.54, 1.807) is 0 Å². The maximum Gasteiger partial charge on any atom is 0.309 e. The number of rotatable bonds is 6. The molecule has 0 N–H and O–H groups in total. The summed E-state index contributed by atoms with van der Waals surface area (Å²) in [6.07, 6.45) is 0.217. The van der Waals surface area contributed by atoms with Crippen molar-refractivity contribution < 1.29 is 18.7 Å². The van der Waals surface area contributed by atoms with Crippen molar-refractivity contribution in [2.24, 2.45) is 0 Å². The third-order valence-electron chi connectivity index (χ3n) is 3.76. The van der Waals surface area contributed by atoms with E-state index < -0.39 is 0 Å². The number of methoxy groups -OCH3 is 1. The molecule has 1 heterocycles. The monoisotopic (exact) mass is 337 g/mol. The van der Waals surface area contributed by atoms with Gasteiger partial charge in [0.05, 0.1) is 13.5 Å². The zero-order chi connectivity index (χ0) is 17.6. The van der Waals surface area contributed by atoms with Gasteiger partial charge in [-0.15, -0.1) is 0 Å². The first-order valence-corrected chi connectivity index (χ1v) is 7.96. The first-order valence-electron chi connectivity index (χ1n) is 7.96. The van der Waals surface area contributed by atoms with Crippen molar-refractivity contribution >= 4 is 5.97 Å². The van der Waals surface area contributed by atoms with Gasteiger partial charge < -0.3 is 13.9 Å². The van der Waals surface area contributed by atoms with Gasteiger partial charge in [-0.25, -0.2) is 4.98 Å². The maximum atomic E-state index is 11.4. The lowest BCUT2D eigenvalue weighted by Gasteiger charge is -2.06. The Morgan fingerprint density at radius 1 is 1.12 bits per heavy atom. The highest BCUT2D eigenvalue weighted by atomic mass is 16.5. The van der Waals surface area contributed by atoms with Gasteiger partial charge in [0, 0.05) is 5.56 Å². The van der Waals surface area contributed by atoms with Crippen LogP contribution in [-0.4, -0.2) is 18.1 Å². The van der Waals surface area contributed by atoms with E-state index in [9.17, 15) is 4.79 Å². The van der Waals surface area contributed by atoms with Crippen LogP contribution in [0.5, 0.6) is 5.75 Å². The van der Waals surface area contributed by atoms with Gasteiger partial charge in [-0.1, -0.05) is 30.3 Å². The number of hydrogen-bond donors (Lipinski definition) is 0. The molecule has 0 atom stereocenters. The summed E-state index contributed by atoms with van der Waals surface area (Å²) in [5, 5.41) is 0. The predicted molar refractivity (Wildman–Crippen MR) is 93.2 cm³/mol. The van der Waals surface area contributed by atoms with Crippen LogP contribution in [-0.2, 0) is 22.6 Å². The Balaban J connectivity index is 1.69. The van der Waals surface area contributed by atoms with Crippen LogP contribution in [0.25, 0.3) is 11.5 Å². The molecule has 3 aromatic rings. The van der Waals surface area contributed by atoms with Gasteiger partial charge in [0.1, 0.15) is 23.8 Å². The van der Waals surface area contributed by atoms with Crippen LogP contribution in [0.2, 0.25) is 0 Å². The Morgan fingerprint density at radius 2 is 1.92 bits per heavy atom. The molecule has 5 nitrogen and oxygen atoms in total. The fourth-order valence-electron chi connectivity index (χ4n) is 2.40. The van der Waals surface area contributed by atoms with Crippen LogP contribution in [0.1, 0.15) is 17.0 Å². The lowest BCUT2D eigenvalue weighted by atomic mass is 10.1. The van der Waals surface area contributed by atoms with Gasteiger partial charge in [-0.05, 0) is 36.8 Å². The van der Waals surface area contributed by atoms with Gasteiger partial charge >= 0.3 is 5.97 Å². The smallest absolute Gasteiger partial charge is 0.309 e. The standard InChI is InChI=1S/C20H19NO4/c1-14-18(21-20(25-14)16-8-4-3-5-9-16)13-24-17-10-6-7-15(11-17)12-19(22)23-2/h3-11H,12-13H2,1-2H3. The topological polar surface area (TPSA) is 61.6 Å². The molecule has 3 rings (SSSR count). The summed E-state index contributed by atoms with van der Waals surface area (Å²) in [5.74, 6) is 1.70. The third-order valence-corrected chi connectivity index (χ3v) is 3.76. The average molecular weight is 337 g/mol. The molecule has 0 aliphatic heterocycles. The summed E-state index contributed by atoms with van der Waals surface area (Å²) in [5.41, 5.74) is 2.51. The van der Waals surface area contributed by atoms with E-state index in [2.05, 4.69) is 9.72 Å². The fraction of sp³-hybridized carbons (Fsp3) is 0.200. The van der Waals surface area contributed by atoms with Gasteiger partial charge in [0.15, 0.2) is 0 Å². The summed E-state index contributed by atoms with van der Waals surface area (Å²) in [6, 6.07) is 17.1. The number of hydrogen-bond acceptors (Lipinski definition) is 5. The normalized spacial score (nSPS) is 10.5. The highest BCUT2D eigenvalue weighted by Gasteiger charge is 2.12. The Kier molecular flexibility index (Phi) is 5.14. The van der Waals surface area contributed by atoms with Crippen LogP contribution < -0.4 is 4.74 Å². The zero-order valence-electron chi connectivity index (χ0n) is 14.2. The number of esters is 1. The second kappa shape index (κ2) is 7.66. The van der Waals surface area contributed by atoms with Crippen LogP contribution in [0, 0.1) is 6.92 Å². The number of aryl methyl sites for hydroxylation is 1. The van der Waals surface area contributed by atoms with Crippen molar-refractivity contribution in [2.45, 2.75) is 20.0 Å². The number of carbonyl (C=O) groups is 1. The SMILES string of the molecule is COC(=O)Cc1cccc(OCc2nc(-c3ccccc3)oc2C)c1. The quantitative estimate of drug-likeness (QED) is 0.638. The molecule has 0 radical (unpaired) electrons. The van der Waals surface area contributed by atoms with E-state index in [1.165, 1.54) is 7.11 Å². The van der Waals surface area contributed by atoms with Crippen LogP contribution in [0.4, 0.5) is 0 Å². The summed E-state index contributed by atoms with van der Waals surface area (Å²) >= 11 is 0. The first-order chi connectivity index (χ1) is 12.2. The van der Waals surface area contributed by atoms with E-state index in [0.717, 1.165) is 22.6 Å². The van der Waals surface area contributed by atoms with Crippen molar-refractivity contribution in [3.63, 3.8) is 0 Å². The Hall–Kier alpha value is -3.08. The van der Waals surface area contributed by atoms with E-state index >= 15 is 0 Å². The van der Waals surface area contributed by atoms with E-state index in [1.807, 2.05) is 61.5 Å². The van der Waals surface area contributed by atoms with E-state index in [-0.39, 0.29) is 12.4 Å². The number of carbonyl (C=O) groups excluding carboxylic acids is 1. The molecule has 0 spiro atoms.